The number of rotatable bonds is 5. The van der Waals surface area contributed by atoms with Gasteiger partial charge in [0.15, 0.2) is 6.10 Å². The lowest BCUT2D eigenvalue weighted by Crippen LogP contribution is -2.41. The molecule has 4 rings (SSSR count). The van der Waals surface area contributed by atoms with Crippen molar-refractivity contribution in [3.8, 4) is 0 Å². The highest BCUT2D eigenvalue weighted by atomic mass is 32.1. The first kappa shape index (κ1) is 18.4. The molecule has 0 radical (unpaired) electrons. The van der Waals surface area contributed by atoms with Crippen molar-refractivity contribution in [2.45, 2.75) is 58.0 Å². The first-order valence-corrected chi connectivity index (χ1v) is 10.7. The van der Waals surface area contributed by atoms with Crippen molar-refractivity contribution in [1.29, 1.82) is 0 Å². The molecule has 1 aliphatic carbocycles. The molecule has 0 N–H and O–H groups in total. The molecule has 1 amide bonds. The van der Waals surface area contributed by atoms with Crippen LogP contribution in [0.2, 0.25) is 0 Å². The molecule has 144 valence electrons. The molecular weight excluding hydrogens is 360 g/mol. The molecule has 2 fully saturated rings. The van der Waals surface area contributed by atoms with E-state index in [1.165, 1.54) is 0 Å². The molecule has 2 heterocycles. The number of carbonyl (C=O) groups is 2. The van der Waals surface area contributed by atoms with Crippen LogP contribution < -0.4 is 0 Å². The molecule has 0 spiro atoms. The van der Waals surface area contributed by atoms with Crippen LogP contribution in [0.3, 0.4) is 0 Å². The summed E-state index contributed by atoms with van der Waals surface area (Å²) in [6, 6.07) is 8.06. The van der Waals surface area contributed by atoms with E-state index >= 15 is 0 Å². The van der Waals surface area contributed by atoms with Crippen molar-refractivity contribution in [2.75, 3.05) is 13.1 Å². The van der Waals surface area contributed by atoms with E-state index in [2.05, 4.69) is 6.07 Å². The highest BCUT2D eigenvalue weighted by molar-refractivity contribution is 7.18. The third-order valence-electron chi connectivity index (χ3n) is 5.87. The molecule has 2 aliphatic rings. The van der Waals surface area contributed by atoms with Crippen LogP contribution in [0, 0.1) is 5.41 Å². The molecule has 1 aromatic carbocycles. The zero-order valence-corrected chi connectivity index (χ0v) is 16.6. The SMILES string of the molecule is CC(OC(=O)C1(Cc2nc3ccccc3s2)CCCC1)C(=O)N1CCCC1. The lowest BCUT2D eigenvalue weighted by molar-refractivity contribution is -0.167. The summed E-state index contributed by atoms with van der Waals surface area (Å²) in [6.45, 7) is 3.26. The zero-order chi connectivity index (χ0) is 18.9. The molecule has 1 saturated carbocycles. The third kappa shape index (κ3) is 3.72. The largest absolute Gasteiger partial charge is 0.452 e. The number of ether oxygens (including phenoxy) is 1. The molecule has 6 heteroatoms. The number of esters is 1. The fourth-order valence-electron chi connectivity index (χ4n) is 4.32. The van der Waals surface area contributed by atoms with E-state index < -0.39 is 11.5 Å². The Labute approximate surface area is 163 Å². The molecule has 5 nitrogen and oxygen atoms in total. The van der Waals surface area contributed by atoms with Gasteiger partial charge < -0.3 is 9.64 Å². The number of aromatic nitrogens is 1. The molecule has 1 unspecified atom stereocenters. The zero-order valence-electron chi connectivity index (χ0n) is 15.8. The van der Waals surface area contributed by atoms with Gasteiger partial charge in [0.05, 0.1) is 20.6 Å². The predicted molar refractivity (Wildman–Crippen MR) is 106 cm³/mol. The Kier molecular flexibility index (Phi) is 5.17. The van der Waals surface area contributed by atoms with E-state index in [-0.39, 0.29) is 11.9 Å². The average Bonchev–Trinajstić information content (AvgIpc) is 3.41. The second-order valence-electron chi connectivity index (χ2n) is 7.82. The first-order valence-electron chi connectivity index (χ1n) is 9.92. The Bertz CT molecular complexity index is 802. The number of para-hydroxylation sites is 1. The van der Waals surface area contributed by atoms with E-state index in [0.717, 1.165) is 66.8 Å². The Morgan fingerprint density at radius 3 is 2.59 bits per heavy atom. The van der Waals surface area contributed by atoms with Crippen molar-refractivity contribution in [3.63, 3.8) is 0 Å². The summed E-state index contributed by atoms with van der Waals surface area (Å²) < 4.78 is 6.85. The van der Waals surface area contributed by atoms with Gasteiger partial charge in [0.1, 0.15) is 0 Å². The number of likely N-dealkylation sites (tertiary alicyclic amines) is 1. The van der Waals surface area contributed by atoms with Crippen molar-refractivity contribution >= 4 is 33.4 Å². The third-order valence-corrected chi connectivity index (χ3v) is 6.91. The van der Waals surface area contributed by atoms with Crippen LogP contribution in [0.5, 0.6) is 0 Å². The lowest BCUT2D eigenvalue weighted by atomic mass is 9.83. The van der Waals surface area contributed by atoms with Crippen molar-refractivity contribution in [3.05, 3.63) is 29.3 Å². The Hall–Kier alpha value is -1.95. The first-order chi connectivity index (χ1) is 13.1. The Morgan fingerprint density at radius 1 is 1.19 bits per heavy atom. The fraction of sp³-hybridized carbons (Fsp3) is 0.571. The number of thiazole rings is 1. The van der Waals surface area contributed by atoms with Gasteiger partial charge in [-0.15, -0.1) is 11.3 Å². The lowest BCUT2D eigenvalue weighted by Gasteiger charge is -2.28. The fourth-order valence-corrected chi connectivity index (χ4v) is 5.43. The minimum Gasteiger partial charge on any atom is -0.452 e. The summed E-state index contributed by atoms with van der Waals surface area (Å²) in [4.78, 5) is 32.1. The number of fused-ring (bicyclic) bond motifs is 1. The standard InChI is InChI=1S/C21H26N2O3S/c1-15(19(24)23-12-6-7-13-23)26-20(25)21(10-4-5-11-21)14-18-22-16-8-2-3-9-17(16)27-18/h2-3,8-9,15H,4-7,10-14H2,1H3. The Balaban J connectivity index is 1.48. The molecule has 1 saturated heterocycles. The predicted octanol–water partition coefficient (Wildman–Crippen LogP) is 3.95. The number of hydrogen-bond donors (Lipinski definition) is 0. The monoisotopic (exact) mass is 386 g/mol. The van der Waals surface area contributed by atoms with Crippen molar-refractivity contribution in [1.82, 2.24) is 9.88 Å². The van der Waals surface area contributed by atoms with E-state index in [1.807, 2.05) is 23.1 Å². The normalized spacial score (nSPS) is 20.1. The summed E-state index contributed by atoms with van der Waals surface area (Å²) in [5.41, 5.74) is 0.449. The van der Waals surface area contributed by atoms with E-state index in [0.29, 0.717) is 6.42 Å². The smallest absolute Gasteiger partial charge is 0.313 e. The quantitative estimate of drug-likeness (QED) is 0.730. The summed E-state index contributed by atoms with van der Waals surface area (Å²) in [5.74, 6) is -0.284. The minimum atomic E-state index is -0.705. The molecular formula is C21H26N2O3S. The number of carbonyl (C=O) groups excluding carboxylic acids is 2. The number of benzene rings is 1. The van der Waals surface area contributed by atoms with E-state index in [1.54, 1.807) is 18.3 Å². The highest BCUT2D eigenvalue weighted by Gasteiger charge is 2.44. The van der Waals surface area contributed by atoms with Crippen LogP contribution in [0.25, 0.3) is 10.2 Å². The van der Waals surface area contributed by atoms with Crippen LogP contribution in [-0.4, -0.2) is 41.0 Å². The molecule has 1 atom stereocenters. The van der Waals surface area contributed by atoms with Crippen LogP contribution in [0.1, 0.15) is 50.5 Å². The van der Waals surface area contributed by atoms with Gasteiger partial charge in [-0.3, -0.25) is 9.59 Å². The number of amides is 1. The maximum Gasteiger partial charge on any atom is 0.313 e. The van der Waals surface area contributed by atoms with Gasteiger partial charge in [0, 0.05) is 19.5 Å². The van der Waals surface area contributed by atoms with Crippen LogP contribution in [0.4, 0.5) is 0 Å². The average molecular weight is 387 g/mol. The van der Waals surface area contributed by atoms with Crippen molar-refractivity contribution < 1.29 is 14.3 Å². The molecule has 0 bridgehead atoms. The highest BCUT2D eigenvalue weighted by Crippen LogP contribution is 2.43. The summed E-state index contributed by atoms with van der Waals surface area (Å²) in [7, 11) is 0. The molecule has 2 aromatic rings. The van der Waals surface area contributed by atoms with Crippen molar-refractivity contribution in [2.24, 2.45) is 5.41 Å². The minimum absolute atomic E-state index is 0.0611. The van der Waals surface area contributed by atoms with Gasteiger partial charge in [0.25, 0.3) is 5.91 Å². The molecule has 1 aromatic heterocycles. The van der Waals surface area contributed by atoms with Crippen LogP contribution >= 0.6 is 11.3 Å². The van der Waals surface area contributed by atoms with E-state index in [9.17, 15) is 9.59 Å². The van der Waals surface area contributed by atoms with Crippen LogP contribution in [-0.2, 0) is 20.7 Å². The van der Waals surface area contributed by atoms with Gasteiger partial charge in [-0.2, -0.15) is 0 Å². The summed E-state index contributed by atoms with van der Waals surface area (Å²) >= 11 is 1.65. The van der Waals surface area contributed by atoms with Gasteiger partial charge in [-0.1, -0.05) is 25.0 Å². The molecule has 27 heavy (non-hydrogen) atoms. The Morgan fingerprint density at radius 2 is 1.89 bits per heavy atom. The maximum absolute atomic E-state index is 13.1. The molecule has 1 aliphatic heterocycles. The van der Waals surface area contributed by atoms with Gasteiger partial charge in [-0.05, 0) is 44.7 Å². The second-order valence-corrected chi connectivity index (χ2v) is 8.93. The summed E-state index contributed by atoms with van der Waals surface area (Å²) in [6.07, 6.45) is 5.64. The number of nitrogens with zero attached hydrogens (tertiary/aromatic N) is 2. The van der Waals surface area contributed by atoms with Crippen LogP contribution in [0.15, 0.2) is 24.3 Å². The van der Waals surface area contributed by atoms with E-state index in [4.69, 9.17) is 9.72 Å². The topological polar surface area (TPSA) is 59.5 Å². The number of hydrogen-bond acceptors (Lipinski definition) is 5. The van der Waals surface area contributed by atoms with Gasteiger partial charge in [0.2, 0.25) is 0 Å². The summed E-state index contributed by atoms with van der Waals surface area (Å²) in [5, 5.41) is 0.980. The second kappa shape index (κ2) is 7.58. The van der Waals surface area contributed by atoms with Gasteiger partial charge in [-0.25, -0.2) is 4.98 Å². The maximum atomic E-state index is 13.1. The van der Waals surface area contributed by atoms with Gasteiger partial charge >= 0.3 is 5.97 Å².